The van der Waals surface area contributed by atoms with E-state index in [0.29, 0.717) is 18.3 Å². The first-order chi connectivity index (χ1) is 11.3. The highest BCUT2D eigenvalue weighted by atomic mass is 16.3. The first-order valence-corrected chi connectivity index (χ1v) is 9.34. The van der Waals surface area contributed by atoms with E-state index in [0.717, 1.165) is 32.1 Å². The zero-order valence-electron chi connectivity index (χ0n) is 14.9. The Morgan fingerprint density at radius 2 is 2.08 bits per heavy atom. The third-order valence-corrected chi connectivity index (χ3v) is 8.09. The van der Waals surface area contributed by atoms with E-state index >= 15 is 0 Å². The van der Waals surface area contributed by atoms with Crippen molar-refractivity contribution in [3.8, 4) is 6.07 Å². The Kier molecular flexibility index (Phi) is 3.23. The van der Waals surface area contributed by atoms with Crippen LogP contribution in [0.15, 0.2) is 23.3 Å². The van der Waals surface area contributed by atoms with Crippen molar-refractivity contribution in [2.75, 3.05) is 0 Å². The van der Waals surface area contributed by atoms with Crippen LogP contribution in [-0.2, 0) is 4.79 Å². The highest BCUT2D eigenvalue weighted by Crippen LogP contribution is 2.66. The summed E-state index contributed by atoms with van der Waals surface area (Å²) in [4.78, 5) is 11.9. The van der Waals surface area contributed by atoms with E-state index in [-0.39, 0.29) is 22.5 Å². The van der Waals surface area contributed by atoms with Crippen LogP contribution in [-0.4, -0.2) is 16.5 Å². The molecule has 0 aromatic heterocycles. The molecule has 0 aromatic carbocycles. The minimum atomic E-state index is -1.22. The first kappa shape index (κ1) is 16.1. The molecule has 3 heteroatoms. The Labute approximate surface area is 144 Å². The van der Waals surface area contributed by atoms with Crippen molar-refractivity contribution in [1.29, 1.82) is 5.26 Å². The SMILES string of the molecule is C[C@H]1C[C@H]2[C@@H]3CCC4=CC(=O)CC[C@]4(C)C3=CC[C@]2(C)[C@@]1(O)C#N. The number of aliphatic hydroxyl groups is 1. The molecule has 0 saturated heterocycles. The van der Waals surface area contributed by atoms with Crippen LogP contribution in [0, 0.1) is 39.9 Å². The molecule has 0 amide bonds. The van der Waals surface area contributed by atoms with Gasteiger partial charge in [-0.3, -0.25) is 4.79 Å². The summed E-state index contributed by atoms with van der Waals surface area (Å²) in [6.07, 6.45) is 9.52. The fraction of sp³-hybridized carbons (Fsp3) is 0.714. The molecule has 24 heavy (non-hydrogen) atoms. The molecule has 6 atom stereocenters. The first-order valence-electron chi connectivity index (χ1n) is 9.34. The van der Waals surface area contributed by atoms with Crippen LogP contribution >= 0.6 is 0 Å². The quantitative estimate of drug-likeness (QED) is 0.542. The average molecular weight is 325 g/mol. The molecule has 4 aliphatic carbocycles. The zero-order valence-corrected chi connectivity index (χ0v) is 14.9. The molecule has 4 aliphatic rings. The molecule has 0 radical (unpaired) electrons. The van der Waals surface area contributed by atoms with Gasteiger partial charge in [0.25, 0.3) is 0 Å². The van der Waals surface area contributed by atoms with E-state index in [1.165, 1.54) is 11.1 Å². The lowest BCUT2D eigenvalue weighted by atomic mass is 9.51. The molecule has 0 bridgehead atoms. The summed E-state index contributed by atoms with van der Waals surface area (Å²) in [6, 6.07) is 2.27. The second kappa shape index (κ2) is 4.82. The van der Waals surface area contributed by atoms with Crippen LogP contribution in [0.2, 0.25) is 0 Å². The maximum absolute atomic E-state index is 11.9. The number of rotatable bonds is 0. The van der Waals surface area contributed by atoms with Crippen LogP contribution in [0.5, 0.6) is 0 Å². The number of allylic oxidation sites excluding steroid dienone is 4. The summed E-state index contributed by atoms with van der Waals surface area (Å²) >= 11 is 0. The predicted octanol–water partition coefficient (Wildman–Crippen LogP) is 3.94. The van der Waals surface area contributed by atoms with Crippen LogP contribution in [0.1, 0.15) is 59.3 Å². The van der Waals surface area contributed by atoms with Crippen molar-refractivity contribution in [3.05, 3.63) is 23.3 Å². The molecule has 4 rings (SSSR count). The molecule has 2 fully saturated rings. The molecule has 3 nitrogen and oxygen atoms in total. The van der Waals surface area contributed by atoms with Crippen molar-refractivity contribution in [3.63, 3.8) is 0 Å². The lowest BCUT2D eigenvalue weighted by Gasteiger charge is -2.53. The normalized spacial score (nSPS) is 50.1. The van der Waals surface area contributed by atoms with Gasteiger partial charge in [-0.15, -0.1) is 0 Å². The number of nitriles is 1. The van der Waals surface area contributed by atoms with E-state index in [1.807, 2.05) is 13.0 Å². The third kappa shape index (κ3) is 1.73. The second-order valence-electron chi connectivity index (χ2n) is 9.02. The lowest BCUT2D eigenvalue weighted by Crippen LogP contribution is -2.51. The molecule has 128 valence electrons. The van der Waals surface area contributed by atoms with Gasteiger partial charge in [0, 0.05) is 17.3 Å². The van der Waals surface area contributed by atoms with Gasteiger partial charge in [-0.1, -0.05) is 38.0 Å². The predicted molar refractivity (Wildman–Crippen MR) is 91.8 cm³/mol. The number of hydrogen-bond acceptors (Lipinski definition) is 3. The van der Waals surface area contributed by atoms with Gasteiger partial charge in [-0.25, -0.2) is 0 Å². The minimum absolute atomic E-state index is 0.0166. The van der Waals surface area contributed by atoms with E-state index in [2.05, 4.69) is 26.0 Å². The Bertz CT molecular complexity index is 714. The van der Waals surface area contributed by atoms with Gasteiger partial charge in [-0.2, -0.15) is 5.26 Å². The van der Waals surface area contributed by atoms with Gasteiger partial charge in [0.15, 0.2) is 11.4 Å². The van der Waals surface area contributed by atoms with Crippen molar-refractivity contribution in [2.24, 2.45) is 28.6 Å². The Hall–Kier alpha value is -1.40. The van der Waals surface area contributed by atoms with Gasteiger partial charge in [0.1, 0.15) is 0 Å². The van der Waals surface area contributed by atoms with E-state index < -0.39 is 5.60 Å². The molecule has 0 aliphatic heterocycles. The molecular formula is C21H27NO2. The lowest BCUT2D eigenvalue weighted by molar-refractivity contribution is -0.115. The maximum atomic E-state index is 11.9. The smallest absolute Gasteiger partial charge is 0.159 e. The topological polar surface area (TPSA) is 61.1 Å². The highest BCUT2D eigenvalue weighted by molar-refractivity contribution is 5.92. The molecule has 2 saturated carbocycles. The fourth-order valence-electron chi connectivity index (χ4n) is 6.44. The van der Waals surface area contributed by atoms with Crippen LogP contribution < -0.4 is 0 Å². The molecule has 0 unspecified atom stereocenters. The molecule has 0 heterocycles. The Balaban J connectivity index is 1.79. The molecule has 0 aromatic rings. The number of hydrogen-bond donors (Lipinski definition) is 1. The monoisotopic (exact) mass is 325 g/mol. The van der Waals surface area contributed by atoms with Gasteiger partial charge >= 0.3 is 0 Å². The van der Waals surface area contributed by atoms with Gasteiger partial charge < -0.3 is 5.11 Å². The Morgan fingerprint density at radius 1 is 1.33 bits per heavy atom. The molecular weight excluding hydrogens is 298 g/mol. The standard InChI is InChI=1S/C21H27NO2/c1-13-10-18-16-5-4-14-11-15(23)6-8-19(14,2)17(16)7-9-20(18,3)21(13,24)12-22/h7,11,13,16,18,24H,4-6,8-10H2,1-3H3/t13-,16+,18-,19-,20-,21+/m0/s1. The summed E-state index contributed by atoms with van der Waals surface area (Å²) in [5.74, 6) is 1.11. The van der Waals surface area contributed by atoms with Gasteiger partial charge in [-0.05, 0) is 55.9 Å². The van der Waals surface area contributed by atoms with Crippen LogP contribution in [0.4, 0.5) is 0 Å². The molecule has 1 N–H and O–H groups in total. The molecule has 0 spiro atoms. The summed E-state index contributed by atoms with van der Waals surface area (Å²) in [6.45, 7) is 6.46. The van der Waals surface area contributed by atoms with Crippen LogP contribution in [0.25, 0.3) is 0 Å². The summed E-state index contributed by atoms with van der Waals surface area (Å²) in [5.41, 5.74) is 1.25. The summed E-state index contributed by atoms with van der Waals surface area (Å²) < 4.78 is 0. The van der Waals surface area contributed by atoms with E-state index in [4.69, 9.17) is 0 Å². The summed E-state index contributed by atoms with van der Waals surface area (Å²) in [7, 11) is 0. The zero-order chi connectivity index (χ0) is 17.3. The van der Waals surface area contributed by atoms with Gasteiger partial charge in [0.2, 0.25) is 0 Å². The Morgan fingerprint density at radius 3 is 2.79 bits per heavy atom. The van der Waals surface area contributed by atoms with Crippen molar-refractivity contribution >= 4 is 5.78 Å². The number of fused-ring (bicyclic) bond motifs is 5. The maximum Gasteiger partial charge on any atom is 0.159 e. The van der Waals surface area contributed by atoms with Gasteiger partial charge in [0.05, 0.1) is 6.07 Å². The fourth-order valence-corrected chi connectivity index (χ4v) is 6.44. The van der Waals surface area contributed by atoms with Crippen molar-refractivity contribution < 1.29 is 9.90 Å². The average Bonchev–Trinajstić information content (AvgIpc) is 2.76. The van der Waals surface area contributed by atoms with Crippen LogP contribution in [0.3, 0.4) is 0 Å². The van der Waals surface area contributed by atoms with Crippen molar-refractivity contribution in [1.82, 2.24) is 0 Å². The number of ketones is 1. The number of carbonyl (C=O) groups excluding carboxylic acids is 1. The minimum Gasteiger partial charge on any atom is -0.374 e. The number of nitrogens with zero attached hydrogens (tertiary/aromatic N) is 1. The third-order valence-electron chi connectivity index (χ3n) is 8.09. The number of carbonyl (C=O) groups is 1. The second-order valence-corrected chi connectivity index (χ2v) is 9.02. The van der Waals surface area contributed by atoms with E-state index in [9.17, 15) is 15.2 Å². The largest absolute Gasteiger partial charge is 0.374 e. The highest BCUT2D eigenvalue weighted by Gasteiger charge is 2.65. The summed E-state index contributed by atoms with van der Waals surface area (Å²) in [5, 5.41) is 20.8. The van der Waals surface area contributed by atoms with E-state index in [1.54, 1.807) is 0 Å². The van der Waals surface area contributed by atoms with Crippen molar-refractivity contribution in [2.45, 2.75) is 64.9 Å².